The lowest BCUT2D eigenvalue weighted by atomic mass is 10.1. The normalized spacial score (nSPS) is 11.1. The zero-order valence-corrected chi connectivity index (χ0v) is 12.6. The van der Waals surface area contributed by atoms with Crippen molar-refractivity contribution in [2.75, 3.05) is 7.11 Å². The Morgan fingerprint density at radius 1 is 1.50 bits per heavy atom. The molecule has 0 atom stereocenters. The summed E-state index contributed by atoms with van der Waals surface area (Å²) in [6.07, 6.45) is 1.34. The second-order valence-electron chi connectivity index (χ2n) is 4.96. The van der Waals surface area contributed by atoms with Gasteiger partial charge >= 0.3 is 0 Å². The number of methoxy groups -OCH3 is 1. The van der Waals surface area contributed by atoms with E-state index in [0.717, 1.165) is 5.69 Å². The Balaban J connectivity index is 2.04. The molecule has 0 saturated heterocycles. The Bertz CT molecular complexity index is 692. The SMILES string of the molecule is COc1cccc(/C=N\NC(=O)c2cc(C(C)C)[nH]n2)c1O. The molecule has 0 unspecified atom stereocenters. The molecule has 2 rings (SSSR count). The number of amides is 1. The second-order valence-corrected chi connectivity index (χ2v) is 4.96. The quantitative estimate of drug-likeness (QED) is 0.581. The van der Waals surface area contributed by atoms with Gasteiger partial charge in [-0.3, -0.25) is 9.89 Å². The van der Waals surface area contributed by atoms with E-state index in [-0.39, 0.29) is 17.4 Å². The van der Waals surface area contributed by atoms with Crippen LogP contribution in [0, 0.1) is 0 Å². The summed E-state index contributed by atoms with van der Waals surface area (Å²) in [5.74, 6) is 0.127. The molecule has 7 heteroatoms. The summed E-state index contributed by atoms with van der Waals surface area (Å²) in [4.78, 5) is 11.9. The van der Waals surface area contributed by atoms with Crippen molar-refractivity contribution in [1.82, 2.24) is 15.6 Å². The van der Waals surface area contributed by atoms with Crippen molar-refractivity contribution in [1.29, 1.82) is 0 Å². The van der Waals surface area contributed by atoms with Crippen LogP contribution in [-0.4, -0.2) is 34.5 Å². The Morgan fingerprint density at radius 3 is 2.91 bits per heavy atom. The first-order chi connectivity index (χ1) is 10.5. The van der Waals surface area contributed by atoms with Gasteiger partial charge in [-0.05, 0) is 24.1 Å². The van der Waals surface area contributed by atoms with E-state index in [4.69, 9.17) is 4.74 Å². The van der Waals surface area contributed by atoms with Crippen LogP contribution in [0.1, 0.15) is 41.5 Å². The zero-order chi connectivity index (χ0) is 16.1. The fourth-order valence-corrected chi connectivity index (χ4v) is 1.77. The Labute approximate surface area is 128 Å². The van der Waals surface area contributed by atoms with Crippen LogP contribution in [0.5, 0.6) is 11.5 Å². The number of carbonyl (C=O) groups excluding carboxylic acids is 1. The lowest BCUT2D eigenvalue weighted by Crippen LogP contribution is -2.18. The average molecular weight is 302 g/mol. The van der Waals surface area contributed by atoms with Crippen molar-refractivity contribution in [3.05, 3.63) is 41.2 Å². The first kappa shape index (κ1) is 15.6. The molecule has 3 N–H and O–H groups in total. The van der Waals surface area contributed by atoms with E-state index in [1.165, 1.54) is 13.3 Å². The van der Waals surface area contributed by atoms with Crippen molar-refractivity contribution < 1.29 is 14.6 Å². The number of nitrogens with one attached hydrogen (secondary N) is 2. The second kappa shape index (κ2) is 6.75. The number of para-hydroxylation sites is 1. The van der Waals surface area contributed by atoms with Crippen molar-refractivity contribution in [2.45, 2.75) is 19.8 Å². The highest BCUT2D eigenvalue weighted by Crippen LogP contribution is 2.27. The predicted molar refractivity (Wildman–Crippen MR) is 82.4 cm³/mol. The summed E-state index contributed by atoms with van der Waals surface area (Å²) in [5, 5.41) is 20.4. The Kier molecular flexibility index (Phi) is 4.77. The molecule has 0 saturated carbocycles. The summed E-state index contributed by atoms with van der Waals surface area (Å²) in [5.41, 5.74) is 3.93. The largest absolute Gasteiger partial charge is 0.504 e. The van der Waals surface area contributed by atoms with Crippen LogP contribution in [0.3, 0.4) is 0 Å². The van der Waals surface area contributed by atoms with Crippen LogP contribution in [0.2, 0.25) is 0 Å². The number of phenols is 1. The number of hydrogen-bond acceptors (Lipinski definition) is 5. The number of rotatable bonds is 5. The van der Waals surface area contributed by atoms with Crippen LogP contribution in [0.4, 0.5) is 0 Å². The van der Waals surface area contributed by atoms with Crippen LogP contribution in [0.15, 0.2) is 29.4 Å². The molecule has 0 aliphatic carbocycles. The molecular weight excluding hydrogens is 284 g/mol. The van der Waals surface area contributed by atoms with Crippen molar-refractivity contribution in [3.63, 3.8) is 0 Å². The van der Waals surface area contributed by atoms with Gasteiger partial charge in [0.1, 0.15) is 0 Å². The third kappa shape index (κ3) is 3.43. The van der Waals surface area contributed by atoms with Gasteiger partial charge in [-0.1, -0.05) is 19.9 Å². The number of aromatic nitrogens is 2. The summed E-state index contributed by atoms with van der Waals surface area (Å²) in [6, 6.07) is 6.67. The van der Waals surface area contributed by atoms with E-state index in [1.807, 2.05) is 13.8 Å². The maximum Gasteiger partial charge on any atom is 0.291 e. The van der Waals surface area contributed by atoms with Gasteiger partial charge in [-0.15, -0.1) is 0 Å². The van der Waals surface area contributed by atoms with E-state index < -0.39 is 5.91 Å². The molecule has 0 spiro atoms. The summed E-state index contributed by atoms with van der Waals surface area (Å²) in [6.45, 7) is 4.00. The first-order valence-electron chi connectivity index (χ1n) is 6.77. The molecule has 0 fully saturated rings. The molecule has 22 heavy (non-hydrogen) atoms. The maximum atomic E-state index is 11.9. The number of ether oxygens (including phenoxy) is 1. The summed E-state index contributed by atoms with van der Waals surface area (Å²) >= 11 is 0. The smallest absolute Gasteiger partial charge is 0.291 e. The van der Waals surface area contributed by atoms with Gasteiger partial charge in [-0.2, -0.15) is 10.2 Å². The molecule has 0 aliphatic heterocycles. The van der Waals surface area contributed by atoms with Crippen molar-refractivity contribution in [3.8, 4) is 11.5 Å². The number of carbonyl (C=O) groups is 1. The van der Waals surface area contributed by atoms with Crippen LogP contribution in [-0.2, 0) is 0 Å². The lowest BCUT2D eigenvalue weighted by molar-refractivity contribution is 0.0950. The minimum atomic E-state index is -0.429. The topological polar surface area (TPSA) is 99.6 Å². The van der Waals surface area contributed by atoms with E-state index in [0.29, 0.717) is 11.3 Å². The van der Waals surface area contributed by atoms with E-state index >= 15 is 0 Å². The number of phenolic OH excluding ortho intramolecular Hbond substituents is 1. The molecule has 1 aromatic heterocycles. The number of H-pyrrole nitrogens is 1. The number of nitrogens with zero attached hydrogens (tertiary/aromatic N) is 2. The Morgan fingerprint density at radius 2 is 2.27 bits per heavy atom. The molecule has 0 aliphatic rings. The summed E-state index contributed by atoms with van der Waals surface area (Å²) < 4.78 is 4.99. The van der Waals surface area contributed by atoms with Crippen molar-refractivity contribution >= 4 is 12.1 Å². The van der Waals surface area contributed by atoms with Gasteiger partial charge in [0.2, 0.25) is 0 Å². The van der Waals surface area contributed by atoms with Gasteiger partial charge in [-0.25, -0.2) is 5.43 Å². The highest BCUT2D eigenvalue weighted by molar-refractivity contribution is 5.93. The van der Waals surface area contributed by atoms with Gasteiger partial charge in [0.05, 0.1) is 13.3 Å². The third-order valence-corrected chi connectivity index (χ3v) is 3.07. The third-order valence-electron chi connectivity index (χ3n) is 3.07. The molecule has 7 nitrogen and oxygen atoms in total. The van der Waals surface area contributed by atoms with Gasteiger partial charge < -0.3 is 9.84 Å². The highest BCUT2D eigenvalue weighted by Gasteiger charge is 2.11. The summed E-state index contributed by atoms with van der Waals surface area (Å²) in [7, 11) is 1.46. The number of benzene rings is 1. The predicted octanol–water partition coefficient (Wildman–Crippen LogP) is 2.01. The van der Waals surface area contributed by atoms with E-state index in [1.54, 1.807) is 24.3 Å². The molecule has 0 bridgehead atoms. The molecule has 1 heterocycles. The van der Waals surface area contributed by atoms with Crippen LogP contribution >= 0.6 is 0 Å². The van der Waals surface area contributed by atoms with E-state index in [9.17, 15) is 9.90 Å². The van der Waals surface area contributed by atoms with Gasteiger partial charge in [0.25, 0.3) is 5.91 Å². The average Bonchev–Trinajstić information content (AvgIpc) is 2.99. The van der Waals surface area contributed by atoms with Crippen molar-refractivity contribution in [2.24, 2.45) is 5.10 Å². The molecule has 0 radical (unpaired) electrons. The standard InChI is InChI=1S/C15H18N4O3/c1-9(2)11-7-12(18-17-11)15(21)19-16-8-10-5-4-6-13(22-3)14(10)20/h4-9,20H,1-3H3,(H,17,18)(H,19,21)/b16-8-. The number of hydrazone groups is 1. The van der Waals surface area contributed by atoms with Crippen LogP contribution in [0.25, 0.3) is 0 Å². The van der Waals surface area contributed by atoms with Gasteiger partial charge in [0, 0.05) is 11.3 Å². The van der Waals surface area contributed by atoms with E-state index in [2.05, 4.69) is 20.7 Å². The molecule has 1 amide bonds. The first-order valence-corrected chi connectivity index (χ1v) is 6.77. The molecule has 1 aromatic carbocycles. The molecule has 116 valence electrons. The number of hydrogen-bond donors (Lipinski definition) is 3. The zero-order valence-electron chi connectivity index (χ0n) is 12.6. The molecular formula is C15H18N4O3. The fraction of sp³-hybridized carbons (Fsp3) is 0.267. The number of aromatic hydroxyl groups is 1. The molecule has 2 aromatic rings. The number of aromatic amines is 1. The maximum absolute atomic E-state index is 11.9. The minimum Gasteiger partial charge on any atom is -0.504 e. The van der Waals surface area contributed by atoms with Gasteiger partial charge in [0.15, 0.2) is 17.2 Å². The Hall–Kier alpha value is -2.83. The highest BCUT2D eigenvalue weighted by atomic mass is 16.5. The lowest BCUT2D eigenvalue weighted by Gasteiger charge is -2.04. The minimum absolute atomic E-state index is 0.0372. The van der Waals surface area contributed by atoms with Crippen LogP contribution < -0.4 is 10.2 Å². The fourth-order valence-electron chi connectivity index (χ4n) is 1.77. The monoisotopic (exact) mass is 302 g/mol.